The average molecular weight is 393 g/mol. The fourth-order valence-corrected chi connectivity index (χ4v) is 3.18. The molecule has 0 bridgehead atoms. The van der Waals surface area contributed by atoms with Crippen molar-refractivity contribution in [1.29, 1.82) is 0 Å². The van der Waals surface area contributed by atoms with Gasteiger partial charge in [0.2, 0.25) is 0 Å². The molecule has 132 valence electrons. The van der Waals surface area contributed by atoms with E-state index in [9.17, 15) is 4.79 Å². The molecule has 4 heteroatoms. The monoisotopic (exact) mass is 392 g/mol. The van der Waals surface area contributed by atoms with Gasteiger partial charge in [-0.15, -0.1) is 0 Å². The molecule has 0 aliphatic carbocycles. The van der Waals surface area contributed by atoms with Crippen LogP contribution in [0, 0.1) is 0 Å². The van der Waals surface area contributed by atoms with Crippen molar-refractivity contribution in [2.24, 2.45) is 0 Å². The Bertz CT molecular complexity index is 1070. The lowest BCUT2D eigenvalue weighted by atomic mass is 10.0. The van der Waals surface area contributed by atoms with Crippen LogP contribution < -0.4 is 0 Å². The largest absolute Gasteiger partial charge is 0.422 e. The molecule has 0 spiro atoms. The Labute approximate surface area is 167 Å². The molecule has 0 atom stereocenters. The number of rotatable bonds is 3. The first-order valence-electron chi connectivity index (χ1n) is 8.37. The molecule has 0 radical (unpaired) electrons. The molecule has 1 aliphatic heterocycles. The van der Waals surface area contributed by atoms with E-state index < -0.39 is 0 Å². The van der Waals surface area contributed by atoms with Gasteiger partial charge in [0.1, 0.15) is 5.76 Å². The van der Waals surface area contributed by atoms with Crippen molar-refractivity contribution in [2.45, 2.75) is 0 Å². The van der Waals surface area contributed by atoms with E-state index >= 15 is 0 Å². The minimum atomic E-state index is -0.386. The molecule has 0 amide bonds. The van der Waals surface area contributed by atoms with Crippen molar-refractivity contribution < 1.29 is 9.53 Å². The summed E-state index contributed by atoms with van der Waals surface area (Å²) in [6.45, 7) is 0. The van der Waals surface area contributed by atoms with Gasteiger partial charge < -0.3 is 4.74 Å². The summed E-state index contributed by atoms with van der Waals surface area (Å²) in [5.74, 6) is 0.147. The highest BCUT2D eigenvalue weighted by Gasteiger charge is 2.22. The third-order valence-corrected chi connectivity index (χ3v) is 5.01. The zero-order valence-electron chi connectivity index (χ0n) is 14.2. The van der Waals surface area contributed by atoms with E-state index in [4.69, 9.17) is 27.9 Å². The number of hydrogen-bond donors (Lipinski definition) is 0. The van der Waals surface area contributed by atoms with Crippen LogP contribution in [0.5, 0.6) is 0 Å². The summed E-state index contributed by atoms with van der Waals surface area (Å²) >= 11 is 12.0. The summed E-state index contributed by atoms with van der Waals surface area (Å²) in [7, 11) is 0. The Kier molecular flexibility index (Phi) is 4.85. The van der Waals surface area contributed by atoms with Crippen LogP contribution in [0.4, 0.5) is 0 Å². The van der Waals surface area contributed by atoms with Gasteiger partial charge in [0.25, 0.3) is 0 Å². The third-order valence-electron chi connectivity index (χ3n) is 4.27. The van der Waals surface area contributed by atoms with Gasteiger partial charge in [0, 0.05) is 5.56 Å². The quantitative estimate of drug-likeness (QED) is 0.368. The second kappa shape index (κ2) is 7.43. The number of benzene rings is 3. The molecule has 0 unspecified atom stereocenters. The molecule has 0 aromatic heterocycles. The van der Waals surface area contributed by atoms with E-state index in [1.54, 1.807) is 30.4 Å². The van der Waals surface area contributed by atoms with Crippen LogP contribution in [0.25, 0.3) is 23.0 Å². The number of cyclic esters (lactones) is 1. The molecule has 0 N–H and O–H groups in total. The van der Waals surface area contributed by atoms with Crippen LogP contribution in [0.1, 0.15) is 11.1 Å². The summed E-state index contributed by atoms with van der Waals surface area (Å²) in [5, 5.41) is 0.917. The highest BCUT2D eigenvalue weighted by Crippen LogP contribution is 2.30. The first-order chi connectivity index (χ1) is 13.1. The first kappa shape index (κ1) is 17.6. The zero-order chi connectivity index (χ0) is 18.8. The second-order valence-corrected chi connectivity index (χ2v) is 6.93. The molecule has 0 saturated carbocycles. The molecule has 0 fully saturated rings. The predicted molar refractivity (Wildman–Crippen MR) is 110 cm³/mol. The van der Waals surface area contributed by atoms with Crippen LogP contribution in [0.2, 0.25) is 10.0 Å². The maximum Gasteiger partial charge on any atom is 0.343 e. The Morgan fingerprint density at radius 3 is 2.11 bits per heavy atom. The van der Waals surface area contributed by atoms with Gasteiger partial charge >= 0.3 is 5.97 Å². The van der Waals surface area contributed by atoms with Crippen LogP contribution in [0.15, 0.2) is 84.4 Å². The lowest BCUT2D eigenvalue weighted by molar-refractivity contribution is -0.130. The van der Waals surface area contributed by atoms with Crippen LogP contribution in [0.3, 0.4) is 0 Å². The molecule has 4 rings (SSSR count). The topological polar surface area (TPSA) is 26.3 Å². The van der Waals surface area contributed by atoms with Crippen LogP contribution in [-0.4, -0.2) is 5.97 Å². The van der Waals surface area contributed by atoms with Gasteiger partial charge in [-0.2, -0.15) is 0 Å². The second-order valence-electron chi connectivity index (χ2n) is 6.11. The zero-order valence-corrected chi connectivity index (χ0v) is 15.7. The SMILES string of the molecule is O=C1OC(c2ccc(-c3ccccc3)cc2)=C/C1=C\c1ccc(Cl)c(Cl)c1. The van der Waals surface area contributed by atoms with Crippen molar-refractivity contribution in [3.63, 3.8) is 0 Å². The van der Waals surface area contributed by atoms with Crippen molar-refractivity contribution in [3.05, 3.63) is 106 Å². The van der Waals surface area contributed by atoms with E-state index in [1.807, 2.05) is 42.5 Å². The predicted octanol–water partition coefficient (Wildman–Crippen LogP) is 6.64. The average Bonchev–Trinajstić information content (AvgIpc) is 3.06. The molecule has 3 aromatic carbocycles. The van der Waals surface area contributed by atoms with Gasteiger partial charge in [0.05, 0.1) is 15.6 Å². The van der Waals surface area contributed by atoms with Gasteiger partial charge in [0.15, 0.2) is 0 Å². The molecule has 3 aromatic rings. The number of carbonyl (C=O) groups is 1. The van der Waals surface area contributed by atoms with E-state index in [0.29, 0.717) is 21.4 Å². The minimum absolute atomic E-state index is 0.386. The minimum Gasteiger partial charge on any atom is -0.422 e. The van der Waals surface area contributed by atoms with Crippen LogP contribution >= 0.6 is 23.2 Å². The third kappa shape index (κ3) is 3.82. The van der Waals surface area contributed by atoms with Gasteiger partial charge in [-0.25, -0.2) is 4.79 Å². The van der Waals surface area contributed by atoms with Gasteiger partial charge in [-0.1, -0.05) is 83.9 Å². The molecule has 27 heavy (non-hydrogen) atoms. The van der Waals surface area contributed by atoms with Gasteiger partial charge in [-0.3, -0.25) is 0 Å². The molecular formula is C23H14Cl2O2. The van der Waals surface area contributed by atoms with Crippen molar-refractivity contribution in [1.82, 2.24) is 0 Å². The number of esters is 1. The highest BCUT2D eigenvalue weighted by atomic mass is 35.5. The van der Waals surface area contributed by atoms with Crippen LogP contribution in [-0.2, 0) is 9.53 Å². The maximum absolute atomic E-state index is 12.2. The number of carbonyl (C=O) groups excluding carboxylic acids is 1. The fourth-order valence-electron chi connectivity index (χ4n) is 2.87. The Hall–Kier alpha value is -2.81. The molecular weight excluding hydrogens is 379 g/mol. The van der Waals surface area contributed by atoms with E-state index in [2.05, 4.69) is 12.1 Å². The van der Waals surface area contributed by atoms with E-state index in [1.165, 1.54) is 0 Å². The maximum atomic E-state index is 12.2. The normalized spacial score (nSPS) is 15.0. The Morgan fingerprint density at radius 1 is 0.741 bits per heavy atom. The highest BCUT2D eigenvalue weighted by molar-refractivity contribution is 6.42. The van der Waals surface area contributed by atoms with E-state index in [0.717, 1.165) is 22.3 Å². The van der Waals surface area contributed by atoms with Crippen molar-refractivity contribution in [3.8, 4) is 11.1 Å². The first-order valence-corrected chi connectivity index (χ1v) is 9.12. The number of halogens is 2. The summed E-state index contributed by atoms with van der Waals surface area (Å²) < 4.78 is 5.43. The number of hydrogen-bond acceptors (Lipinski definition) is 2. The fraction of sp³-hybridized carbons (Fsp3) is 0. The van der Waals surface area contributed by atoms with Crippen molar-refractivity contribution in [2.75, 3.05) is 0 Å². The standard InChI is InChI=1S/C23H14Cl2O2/c24-20-11-6-15(13-21(20)25)12-19-14-22(27-23(19)26)18-9-7-17(8-10-18)16-4-2-1-3-5-16/h1-14H/b19-12+. The summed E-state index contributed by atoms with van der Waals surface area (Å²) in [6, 6.07) is 23.2. The summed E-state index contributed by atoms with van der Waals surface area (Å²) in [5.41, 5.74) is 4.35. The lowest BCUT2D eigenvalue weighted by Crippen LogP contribution is -1.97. The molecule has 1 heterocycles. The lowest BCUT2D eigenvalue weighted by Gasteiger charge is -2.05. The van der Waals surface area contributed by atoms with Gasteiger partial charge in [-0.05, 0) is 41.0 Å². The number of ether oxygens (including phenoxy) is 1. The molecule has 0 saturated heterocycles. The smallest absolute Gasteiger partial charge is 0.343 e. The summed E-state index contributed by atoms with van der Waals surface area (Å²) in [4.78, 5) is 12.2. The van der Waals surface area contributed by atoms with E-state index in [-0.39, 0.29) is 5.97 Å². The Morgan fingerprint density at radius 2 is 1.41 bits per heavy atom. The Balaban J connectivity index is 1.61. The molecule has 1 aliphatic rings. The van der Waals surface area contributed by atoms with Crippen molar-refractivity contribution >= 4 is 41.0 Å². The molecule has 2 nitrogen and oxygen atoms in total. The summed E-state index contributed by atoms with van der Waals surface area (Å²) in [6.07, 6.45) is 3.47.